The van der Waals surface area contributed by atoms with Gasteiger partial charge in [0.2, 0.25) is 0 Å². The van der Waals surface area contributed by atoms with Crippen LogP contribution in [0.2, 0.25) is 19.6 Å². The first-order chi connectivity index (χ1) is 8.54. The third-order valence-corrected chi connectivity index (χ3v) is 3.48. The van der Waals surface area contributed by atoms with Crippen LogP contribution in [0.3, 0.4) is 0 Å². The molecule has 2 rings (SSSR count). The van der Waals surface area contributed by atoms with Crippen LogP contribution in [-0.4, -0.2) is 23.1 Å². The first kappa shape index (κ1) is 13.0. The molecule has 0 N–H and O–H groups in total. The van der Waals surface area contributed by atoms with Gasteiger partial charge in [-0.15, -0.1) is 0 Å². The Morgan fingerprint density at radius 1 is 1.22 bits per heavy atom. The molecule has 0 saturated heterocycles. The molecule has 0 saturated carbocycles. The summed E-state index contributed by atoms with van der Waals surface area (Å²) in [7, 11) is -1.60. The number of rotatable bonds is 5. The maximum atomic E-state index is 6.25. The predicted molar refractivity (Wildman–Crippen MR) is 73.6 cm³/mol. The molecule has 0 bridgehead atoms. The van der Waals surface area contributed by atoms with Gasteiger partial charge in [-0.1, -0.05) is 30.3 Å². The summed E-state index contributed by atoms with van der Waals surface area (Å²) in [5, 5.41) is 4.15. The molecule has 5 heteroatoms. The quantitative estimate of drug-likeness (QED) is 0.777. The van der Waals surface area contributed by atoms with Crippen LogP contribution in [0.25, 0.3) is 0 Å². The molecular weight excluding hydrogens is 242 g/mol. The van der Waals surface area contributed by atoms with Crippen molar-refractivity contribution in [3.05, 3.63) is 48.5 Å². The second-order valence-electron chi connectivity index (χ2n) is 5.25. The molecule has 1 aromatic heterocycles. The van der Waals surface area contributed by atoms with Gasteiger partial charge in [0.25, 0.3) is 0 Å². The smallest absolute Gasteiger partial charge is 0.184 e. The first-order valence-electron chi connectivity index (χ1n) is 6.10. The van der Waals surface area contributed by atoms with E-state index in [0.717, 1.165) is 0 Å². The van der Waals surface area contributed by atoms with Crippen LogP contribution >= 0.6 is 0 Å². The molecule has 0 aliphatic carbocycles. The molecule has 0 fully saturated rings. The van der Waals surface area contributed by atoms with Crippen LogP contribution in [-0.2, 0) is 11.0 Å². The normalized spacial score (nSPS) is 13.5. The number of hydrogen-bond donors (Lipinski definition) is 0. The first-order valence-corrected chi connectivity index (χ1v) is 9.50. The van der Waals surface area contributed by atoms with Crippen molar-refractivity contribution in [1.82, 2.24) is 14.8 Å². The zero-order valence-corrected chi connectivity index (χ0v) is 12.1. The second kappa shape index (κ2) is 5.45. The Morgan fingerprint density at radius 2 is 1.94 bits per heavy atom. The van der Waals surface area contributed by atoms with Crippen molar-refractivity contribution in [2.24, 2.45) is 0 Å². The van der Waals surface area contributed by atoms with E-state index in [0.29, 0.717) is 6.54 Å². The van der Waals surface area contributed by atoms with Crippen molar-refractivity contribution in [1.29, 1.82) is 0 Å². The van der Waals surface area contributed by atoms with Gasteiger partial charge in [0.1, 0.15) is 12.7 Å². The minimum atomic E-state index is -1.60. The highest BCUT2D eigenvalue weighted by molar-refractivity contribution is 6.69. The lowest BCUT2D eigenvalue weighted by Crippen LogP contribution is -2.30. The molecule has 1 heterocycles. The largest absolute Gasteiger partial charge is 0.409 e. The van der Waals surface area contributed by atoms with E-state index in [1.165, 1.54) is 5.56 Å². The van der Waals surface area contributed by atoms with E-state index in [9.17, 15) is 0 Å². The molecule has 96 valence electrons. The summed E-state index contributed by atoms with van der Waals surface area (Å²) in [6.45, 7) is 7.30. The van der Waals surface area contributed by atoms with Crippen LogP contribution in [0.1, 0.15) is 11.7 Å². The summed E-state index contributed by atoms with van der Waals surface area (Å²) in [4.78, 5) is 3.97. The molecule has 0 aliphatic heterocycles. The molecule has 1 atom stereocenters. The van der Waals surface area contributed by atoms with Crippen LogP contribution in [0.5, 0.6) is 0 Å². The van der Waals surface area contributed by atoms with Crippen molar-refractivity contribution in [2.75, 3.05) is 0 Å². The van der Waals surface area contributed by atoms with E-state index < -0.39 is 8.32 Å². The number of aromatic nitrogens is 3. The van der Waals surface area contributed by atoms with Gasteiger partial charge in [-0.25, -0.2) is 4.98 Å². The topological polar surface area (TPSA) is 39.9 Å². The zero-order valence-electron chi connectivity index (χ0n) is 11.1. The van der Waals surface area contributed by atoms with Gasteiger partial charge in [0.05, 0.1) is 12.6 Å². The van der Waals surface area contributed by atoms with E-state index in [1.807, 2.05) is 22.9 Å². The van der Waals surface area contributed by atoms with Crippen LogP contribution < -0.4 is 0 Å². The van der Waals surface area contributed by atoms with Crippen molar-refractivity contribution >= 4 is 8.32 Å². The van der Waals surface area contributed by atoms with Gasteiger partial charge < -0.3 is 4.43 Å². The summed E-state index contributed by atoms with van der Waals surface area (Å²) >= 11 is 0. The van der Waals surface area contributed by atoms with E-state index in [2.05, 4.69) is 41.9 Å². The lowest BCUT2D eigenvalue weighted by molar-refractivity contribution is 0.170. The van der Waals surface area contributed by atoms with E-state index >= 15 is 0 Å². The highest BCUT2D eigenvalue weighted by atomic mass is 28.4. The van der Waals surface area contributed by atoms with Gasteiger partial charge >= 0.3 is 0 Å². The Bertz CT molecular complexity index is 465. The number of nitrogens with zero attached hydrogens (tertiary/aromatic N) is 3. The van der Waals surface area contributed by atoms with Gasteiger partial charge in [0.15, 0.2) is 8.32 Å². The summed E-state index contributed by atoms with van der Waals surface area (Å²) in [6, 6.07) is 10.3. The Labute approximate surface area is 109 Å². The summed E-state index contributed by atoms with van der Waals surface area (Å²) in [5.74, 6) is 0. The van der Waals surface area contributed by atoms with Gasteiger partial charge in [-0.2, -0.15) is 5.10 Å². The highest BCUT2D eigenvalue weighted by Crippen LogP contribution is 2.23. The van der Waals surface area contributed by atoms with Crippen molar-refractivity contribution in [2.45, 2.75) is 32.3 Å². The third-order valence-electron chi connectivity index (χ3n) is 2.49. The number of hydrogen-bond acceptors (Lipinski definition) is 3. The molecule has 0 amide bonds. The molecule has 18 heavy (non-hydrogen) atoms. The maximum absolute atomic E-state index is 6.25. The Kier molecular flexibility index (Phi) is 3.93. The molecule has 4 nitrogen and oxygen atoms in total. The minimum Gasteiger partial charge on any atom is -0.409 e. The van der Waals surface area contributed by atoms with E-state index in [-0.39, 0.29) is 6.10 Å². The average Bonchev–Trinajstić information content (AvgIpc) is 2.80. The average molecular weight is 261 g/mol. The maximum Gasteiger partial charge on any atom is 0.184 e. The fourth-order valence-electron chi connectivity index (χ4n) is 1.80. The molecule has 1 aromatic carbocycles. The second-order valence-corrected chi connectivity index (χ2v) is 9.71. The summed E-state index contributed by atoms with van der Waals surface area (Å²) in [5.41, 5.74) is 1.19. The fourth-order valence-corrected chi connectivity index (χ4v) is 2.87. The highest BCUT2D eigenvalue weighted by Gasteiger charge is 2.22. The summed E-state index contributed by atoms with van der Waals surface area (Å²) < 4.78 is 8.06. The van der Waals surface area contributed by atoms with Crippen molar-refractivity contribution in [3.63, 3.8) is 0 Å². The molecule has 0 radical (unpaired) electrons. The van der Waals surface area contributed by atoms with Gasteiger partial charge in [0, 0.05) is 0 Å². The molecular formula is C13H19N3OSi. The monoisotopic (exact) mass is 261 g/mol. The van der Waals surface area contributed by atoms with Gasteiger partial charge in [-0.3, -0.25) is 4.68 Å². The van der Waals surface area contributed by atoms with Crippen molar-refractivity contribution < 1.29 is 4.43 Å². The standard InChI is InChI=1S/C13H19N3OSi/c1-18(2,3)17-13(9-16-11-14-10-15-16)12-7-5-4-6-8-12/h4-8,10-11,13H,9H2,1-3H3. The minimum absolute atomic E-state index is 0.0413. The zero-order chi connectivity index (χ0) is 13.0. The Hall–Kier alpha value is -1.46. The summed E-state index contributed by atoms with van der Waals surface area (Å²) in [6.07, 6.45) is 3.32. The number of benzene rings is 1. The van der Waals surface area contributed by atoms with Crippen LogP contribution in [0.4, 0.5) is 0 Å². The molecule has 2 aromatic rings. The third kappa shape index (κ3) is 3.78. The van der Waals surface area contributed by atoms with E-state index in [4.69, 9.17) is 4.43 Å². The predicted octanol–water partition coefficient (Wildman–Crippen LogP) is 2.87. The Morgan fingerprint density at radius 3 is 2.50 bits per heavy atom. The van der Waals surface area contributed by atoms with E-state index in [1.54, 1.807) is 12.7 Å². The van der Waals surface area contributed by atoms with Gasteiger partial charge in [-0.05, 0) is 25.2 Å². The Balaban J connectivity index is 2.18. The van der Waals surface area contributed by atoms with Crippen LogP contribution in [0.15, 0.2) is 43.0 Å². The molecule has 0 spiro atoms. The lowest BCUT2D eigenvalue weighted by atomic mass is 10.1. The molecule has 1 unspecified atom stereocenters. The fraction of sp³-hybridized carbons (Fsp3) is 0.385. The SMILES string of the molecule is C[Si](C)(C)OC(Cn1cncn1)c1ccccc1. The lowest BCUT2D eigenvalue weighted by Gasteiger charge is -2.26. The van der Waals surface area contributed by atoms with Crippen LogP contribution in [0, 0.1) is 0 Å². The van der Waals surface area contributed by atoms with Crippen molar-refractivity contribution in [3.8, 4) is 0 Å². The molecule has 0 aliphatic rings.